The zero-order valence-corrected chi connectivity index (χ0v) is 16.8. The molecule has 0 N–H and O–H groups in total. The van der Waals surface area contributed by atoms with Gasteiger partial charge in [-0.1, -0.05) is 6.07 Å². The molecule has 0 amide bonds. The van der Waals surface area contributed by atoms with Gasteiger partial charge in [-0.25, -0.2) is 13.2 Å². The lowest BCUT2D eigenvalue weighted by Gasteiger charge is -2.33. The Morgan fingerprint density at radius 3 is 2.52 bits per heavy atom. The molecule has 27 heavy (non-hydrogen) atoms. The highest BCUT2D eigenvalue weighted by atomic mass is 32.2. The molecule has 1 saturated heterocycles. The van der Waals surface area contributed by atoms with Crippen molar-refractivity contribution in [3.63, 3.8) is 0 Å². The number of esters is 1. The van der Waals surface area contributed by atoms with Crippen LogP contribution in [-0.4, -0.2) is 51.6 Å². The maximum absolute atomic E-state index is 13.3. The molecule has 0 radical (unpaired) electrons. The van der Waals surface area contributed by atoms with E-state index < -0.39 is 16.0 Å². The highest BCUT2D eigenvalue weighted by Crippen LogP contribution is 2.25. The first-order chi connectivity index (χ1) is 13.0. The molecule has 2 aromatic rings. The van der Waals surface area contributed by atoms with Gasteiger partial charge in [-0.2, -0.15) is 4.31 Å². The van der Waals surface area contributed by atoms with E-state index in [0.717, 1.165) is 4.88 Å². The SMILES string of the molecule is COC(=O)c1ccc(S(=O)(=O)N(CCc2cccs2)C2CCOCC2)cc1. The van der Waals surface area contributed by atoms with Crippen LogP contribution in [0.3, 0.4) is 0 Å². The van der Waals surface area contributed by atoms with E-state index in [1.165, 1.54) is 31.4 Å². The zero-order valence-electron chi connectivity index (χ0n) is 15.2. The Bertz CT molecular complexity index is 841. The summed E-state index contributed by atoms with van der Waals surface area (Å²) < 4.78 is 38.3. The van der Waals surface area contributed by atoms with E-state index in [9.17, 15) is 13.2 Å². The average molecular weight is 410 g/mol. The summed E-state index contributed by atoms with van der Waals surface area (Å²) in [7, 11) is -2.38. The van der Waals surface area contributed by atoms with Gasteiger partial charge in [-0.15, -0.1) is 11.3 Å². The van der Waals surface area contributed by atoms with E-state index in [-0.39, 0.29) is 10.9 Å². The van der Waals surface area contributed by atoms with Crippen LogP contribution in [0.4, 0.5) is 0 Å². The van der Waals surface area contributed by atoms with Gasteiger partial charge in [0, 0.05) is 30.7 Å². The van der Waals surface area contributed by atoms with E-state index in [2.05, 4.69) is 4.74 Å². The second kappa shape index (κ2) is 8.97. The zero-order chi connectivity index (χ0) is 19.3. The molecule has 1 aromatic carbocycles. The van der Waals surface area contributed by atoms with Gasteiger partial charge in [0.05, 0.1) is 17.6 Å². The molecule has 0 spiro atoms. The molecule has 0 aliphatic carbocycles. The van der Waals surface area contributed by atoms with Crippen molar-refractivity contribution in [2.24, 2.45) is 0 Å². The van der Waals surface area contributed by atoms with Crippen LogP contribution >= 0.6 is 11.3 Å². The van der Waals surface area contributed by atoms with Crippen LogP contribution in [0.15, 0.2) is 46.7 Å². The number of rotatable bonds is 7. The second-order valence-electron chi connectivity index (χ2n) is 6.30. The van der Waals surface area contributed by atoms with Crippen LogP contribution < -0.4 is 0 Å². The lowest BCUT2D eigenvalue weighted by atomic mass is 10.1. The molecule has 8 heteroatoms. The third kappa shape index (κ3) is 4.76. The lowest BCUT2D eigenvalue weighted by molar-refractivity contribution is 0.0585. The fraction of sp³-hybridized carbons (Fsp3) is 0.421. The molecule has 0 unspecified atom stereocenters. The number of sulfonamides is 1. The van der Waals surface area contributed by atoms with Crippen molar-refractivity contribution < 1.29 is 22.7 Å². The molecular weight excluding hydrogens is 386 g/mol. The maximum Gasteiger partial charge on any atom is 0.337 e. The van der Waals surface area contributed by atoms with Gasteiger partial charge in [0.2, 0.25) is 10.0 Å². The first-order valence-electron chi connectivity index (χ1n) is 8.82. The number of hydrogen-bond acceptors (Lipinski definition) is 6. The molecule has 1 aliphatic rings. The highest BCUT2D eigenvalue weighted by molar-refractivity contribution is 7.89. The molecule has 0 bridgehead atoms. The molecule has 1 aliphatic heterocycles. The van der Waals surface area contributed by atoms with Gasteiger partial charge in [-0.3, -0.25) is 0 Å². The normalized spacial score (nSPS) is 15.8. The Morgan fingerprint density at radius 2 is 1.93 bits per heavy atom. The summed E-state index contributed by atoms with van der Waals surface area (Å²) in [6.45, 7) is 1.56. The summed E-state index contributed by atoms with van der Waals surface area (Å²) in [6.07, 6.45) is 2.04. The van der Waals surface area contributed by atoms with Crippen molar-refractivity contribution >= 4 is 27.3 Å². The fourth-order valence-electron chi connectivity index (χ4n) is 3.16. The van der Waals surface area contributed by atoms with Gasteiger partial charge in [0.1, 0.15) is 0 Å². The summed E-state index contributed by atoms with van der Waals surface area (Å²) in [5.41, 5.74) is 0.327. The Kier molecular flexibility index (Phi) is 6.64. The minimum absolute atomic E-state index is 0.0796. The van der Waals surface area contributed by atoms with E-state index in [1.807, 2.05) is 17.5 Å². The quantitative estimate of drug-likeness (QED) is 0.658. The van der Waals surface area contributed by atoms with Gasteiger partial charge in [0.25, 0.3) is 0 Å². The summed E-state index contributed by atoms with van der Waals surface area (Å²) in [5.74, 6) is -0.488. The van der Waals surface area contributed by atoms with Crippen LogP contribution in [0.2, 0.25) is 0 Å². The van der Waals surface area contributed by atoms with Crippen molar-refractivity contribution in [3.05, 3.63) is 52.2 Å². The van der Waals surface area contributed by atoms with Crippen molar-refractivity contribution in [1.29, 1.82) is 0 Å². The topological polar surface area (TPSA) is 72.9 Å². The van der Waals surface area contributed by atoms with Gasteiger partial charge in [-0.05, 0) is 55.0 Å². The number of thiophene rings is 1. The van der Waals surface area contributed by atoms with Crippen molar-refractivity contribution in [2.75, 3.05) is 26.9 Å². The van der Waals surface area contributed by atoms with E-state index in [4.69, 9.17) is 4.74 Å². The van der Waals surface area contributed by atoms with Crippen molar-refractivity contribution in [2.45, 2.75) is 30.2 Å². The van der Waals surface area contributed by atoms with E-state index >= 15 is 0 Å². The molecule has 1 aromatic heterocycles. The maximum atomic E-state index is 13.3. The van der Waals surface area contributed by atoms with Crippen LogP contribution in [0.25, 0.3) is 0 Å². The molecule has 146 valence electrons. The van der Waals surface area contributed by atoms with Crippen LogP contribution in [-0.2, 0) is 25.9 Å². The molecule has 0 saturated carbocycles. The average Bonchev–Trinajstić information content (AvgIpc) is 3.22. The molecule has 3 rings (SSSR count). The first kappa shape index (κ1) is 20.0. The molecule has 0 atom stereocenters. The summed E-state index contributed by atoms with van der Waals surface area (Å²) in [5, 5.41) is 1.99. The predicted octanol–water partition coefficient (Wildman–Crippen LogP) is 2.95. The van der Waals surface area contributed by atoms with Gasteiger partial charge >= 0.3 is 5.97 Å². The molecular formula is C19H23NO5S2. The third-order valence-corrected chi connectivity index (χ3v) is 7.54. The number of hydrogen-bond donors (Lipinski definition) is 0. The molecule has 1 fully saturated rings. The minimum atomic E-state index is -3.67. The van der Waals surface area contributed by atoms with Crippen LogP contribution in [0.1, 0.15) is 28.1 Å². The second-order valence-corrected chi connectivity index (χ2v) is 9.23. The lowest BCUT2D eigenvalue weighted by Crippen LogP contribution is -2.44. The Hall–Kier alpha value is -1.74. The summed E-state index contributed by atoms with van der Waals surface area (Å²) in [4.78, 5) is 12.9. The summed E-state index contributed by atoms with van der Waals surface area (Å²) in [6, 6.07) is 9.82. The van der Waals surface area contributed by atoms with E-state index in [1.54, 1.807) is 15.6 Å². The predicted molar refractivity (Wildman–Crippen MR) is 104 cm³/mol. The smallest absolute Gasteiger partial charge is 0.337 e. The van der Waals surface area contributed by atoms with Crippen molar-refractivity contribution in [3.8, 4) is 0 Å². The number of ether oxygens (including phenoxy) is 2. The fourth-order valence-corrected chi connectivity index (χ4v) is 5.55. The summed E-state index contributed by atoms with van der Waals surface area (Å²) >= 11 is 1.63. The number of nitrogens with zero attached hydrogens (tertiary/aromatic N) is 1. The van der Waals surface area contributed by atoms with E-state index in [0.29, 0.717) is 44.6 Å². The number of carbonyl (C=O) groups is 1. The van der Waals surface area contributed by atoms with Crippen molar-refractivity contribution in [1.82, 2.24) is 4.31 Å². The highest BCUT2D eigenvalue weighted by Gasteiger charge is 2.32. The Labute approximate surface area is 163 Å². The van der Waals surface area contributed by atoms with Crippen LogP contribution in [0, 0.1) is 0 Å². The standard InChI is InChI=1S/C19H23NO5S2/c1-24-19(21)15-4-6-18(7-5-15)27(22,23)20(16-9-12-25-13-10-16)11-8-17-3-2-14-26-17/h2-7,14,16H,8-13H2,1H3. The number of carbonyl (C=O) groups excluding carboxylic acids is 1. The Morgan fingerprint density at radius 1 is 1.22 bits per heavy atom. The van der Waals surface area contributed by atoms with Crippen LogP contribution in [0.5, 0.6) is 0 Å². The largest absolute Gasteiger partial charge is 0.465 e. The number of benzene rings is 1. The van der Waals surface area contributed by atoms with Gasteiger partial charge in [0.15, 0.2) is 0 Å². The molecule has 6 nitrogen and oxygen atoms in total. The monoisotopic (exact) mass is 409 g/mol. The minimum Gasteiger partial charge on any atom is -0.465 e. The third-order valence-electron chi connectivity index (χ3n) is 4.64. The Balaban J connectivity index is 1.85. The molecule has 2 heterocycles. The van der Waals surface area contributed by atoms with Gasteiger partial charge < -0.3 is 9.47 Å². The number of methoxy groups -OCH3 is 1. The first-order valence-corrected chi connectivity index (χ1v) is 11.1.